The van der Waals surface area contributed by atoms with Gasteiger partial charge in [0.15, 0.2) is 0 Å². The average molecular weight is 453 g/mol. The van der Waals surface area contributed by atoms with Crippen LogP contribution in [0.1, 0.15) is 5.56 Å². The van der Waals surface area contributed by atoms with E-state index < -0.39 is 10.0 Å². The Kier molecular flexibility index (Phi) is 6.84. The summed E-state index contributed by atoms with van der Waals surface area (Å²) >= 11 is 0. The third kappa shape index (κ3) is 5.16. The Morgan fingerprint density at radius 1 is 0.906 bits per heavy atom. The molecule has 0 aromatic heterocycles. The number of nitrogens with zero attached hydrogens (tertiary/aromatic N) is 2. The van der Waals surface area contributed by atoms with E-state index in [0.717, 1.165) is 11.3 Å². The fraction of sp³-hybridized carbons (Fsp3) is 0.208. The molecular formula is C24H24N2O5S. The van der Waals surface area contributed by atoms with E-state index in [0.29, 0.717) is 43.5 Å². The maximum absolute atomic E-state index is 13.3. The first-order chi connectivity index (χ1) is 15.6. The van der Waals surface area contributed by atoms with Crippen molar-refractivity contribution >= 4 is 21.9 Å². The van der Waals surface area contributed by atoms with Gasteiger partial charge in [-0.25, -0.2) is 8.42 Å². The highest BCUT2D eigenvalue weighted by atomic mass is 32.2. The molecule has 0 bridgehead atoms. The Hall–Kier alpha value is -3.20. The van der Waals surface area contributed by atoms with Crippen LogP contribution >= 0.6 is 0 Å². The van der Waals surface area contributed by atoms with Crippen LogP contribution in [0.3, 0.4) is 0 Å². The standard InChI is InChI=1S/C24H24N2O5S/c1-29-21-10-11-23(24(17-21)32(27,28)26-12-14-30-15-13-26)25-18-19-6-5-9-22(16-19)31-20-7-3-2-4-8-20/h2-11,16-18H,12-15H2,1H3. The van der Waals surface area contributed by atoms with Crippen LogP contribution in [0.5, 0.6) is 17.2 Å². The van der Waals surface area contributed by atoms with E-state index in [2.05, 4.69) is 4.99 Å². The van der Waals surface area contributed by atoms with Gasteiger partial charge in [-0.1, -0.05) is 30.3 Å². The number of aliphatic imine (C=N–C) groups is 1. The van der Waals surface area contributed by atoms with E-state index in [9.17, 15) is 8.42 Å². The molecule has 1 fully saturated rings. The molecule has 166 valence electrons. The number of hydrogen-bond acceptors (Lipinski definition) is 6. The molecule has 3 aromatic carbocycles. The normalized spacial score (nSPS) is 15.0. The van der Waals surface area contributed by atoms with Gasteiger partial charge in [0.1, 0.15) is 22.1 Å². The summed E-state index contributed by atoms with van der Waals surface area (Å²) in [5.41, 5.74) is 1.12. The molecule has 0 amide bonds. The summed E-state index contributed by atoms with van der Waals surface area (Å²) < 4.78 is 44.4. The number of morpholine rings is 1. The number of para-hydroxylation sites is 1. The molecule has 0 saturated carbocycles. The monoisotopic (exact) mass is 452 g/mol. The second-order valence-corrected chi connectivity index (χ2v) is 9.00. The van der Waals surface area contributed by atoms with E-state index in [4.69, 9.17) is 14.2 Å². The topological polar surface area (TPSA) is 77.4 Å². The molecule has 1 saturated heterocycles. The summed E-state index contributed by atoms with van der Waals surface area (Å²) in [4.78, 5) is 4.59. The molecule has 3 aromatic rings. The smallest absolute Gasteiger partial charge is 0.245 e. The van der Waals surface area contributed by atoms with Crippen molar-refractivity contribution in [2.45, 2.75) is 4.90 Å². The summed E-state index contributed by atoms with van der Waals surface area (Å²) in [6, 6.07) is 21.8. The van der Waals surface area contributed by atoms with Crippen LogP contribution < -0.4 is 9.47 Å². The van der Waals surface area contributed by atoms with Crippen molar-refractivity contribution in [1.29, 1.82) is 0 Å². The third-order valence-corrected chi connectivity index (χ3v) is 6.87. The van der Waals surface area contributed by atoms with Gasteiger partial charge in [0.2, 0.25) is 10.0 Å². The van der Waals surface area contributed by atoms with E-state index in [1.165, 1.54) is 17.5 Å². The van der Waals surface area contributed by atoms with Gasteiger partial charge in [-0.3, -0.25) is 4.99 Å². The van der Waals surface area contributed by atoms with Crippen molar-refractivity contribution in [1.82, 2.24) is 4.31 Å². The molecule has 4 rings (SSSR count). The van der Waals surface area contributed by atoms with Crippen LogP contribution in [-0.4, -0.2) is 52.4 Å². The predicted octanol–water partition coefficient (Wildman–Crippen LogP) is 4.26. The zero-order valence-electron chi connectivity index (χ0n) is 17.7. The van der Waals surface area contributed by atoms with Gasteiger partial charge in [0.05, 0.1) is 26.0 Å². The second kappa shape index (κ2) is 9.95. The van der Waals surface area contributed by atoms with Gasteiger partial charge in [0.25, 0.3) is 0 Å². The summed E-state index contributed by atoms with van der Waals surface area (Å²) in [6.45, 7) is 1.36. The summed E-state index contributed by atoms with van der Waals surface area (Å²) in [5, 5.41) is 0. The van der Waals surface area contributed by atoms with Gasteiger partial charge in [0, 0.05) is 25.4 Å². The third-order valence-electron chi connectivity index (χ3n) is 4.94. The number of hydrogen-bond donors (Lipinski definition) is 0. The lowest BCUT2D eigenvalue weighted by Gasteiger charge is -2.26. The molecule has 1 aliphatic heterocycles. The maximum atomic E-state index is 13.3. The van der Waals surface area contributed by atoms with E-state index in [1.807, 2.05) is 54.6 Å². The van der Waals surface area contributed by atoms with Crippen LogP contribution in [0.15, 0.2) is 82.7 Å². The van der Waals surface area contributed by atoms with Crippen molar-refractivity contribution in [3.8, 4) is 17.2 Å². The number of ether oxygens (including phenoxy) is 3. The molecule has 1 heterocycles. The lowest BCUT2D eigenvalue weighted by atomic mass is 10.2. The summed E-state index contributed by atoms with van der Waals surface area (Å²) in [6.07, 6.45) is 1.62. The number of rotatable bonds is 7. The molecule has 0 spiro atoms. The van der Waals surface area contributed by atoms with Gasteiger partial charge < -0.3 is 14.2 Å². The molecule has 0 unspecified atom stereocenters. The van der Waals surface area contributed by atoms with Crippen LogP contribution in [0.25, 0.3) is 0 Å². The molecule has 8 heteroatoms. The first-order valence-electron chi connectivity index (χ1n) is 10.2. The van der Waals surface area contributed by atoms with Gasteiger partial charge >= 0.3 is 0 Å². The molecule has 0 atom stereocenters. The van der Waals surface area contributed by atoms with Crippen molar-refractivity contribution in [2.75, 3.05) is 33.4 Å². The first-order valence-corrected chi connectivity index (χ1v) is 11.6. The van der Waals surface area contributed by atoms with Crippen molar-refractivity contribution < 1.29 is 22.6 Å². The fourth-order valence-corrected chi connectivity index (χ4v) is 4.85. The quantitative estimate of drug-likeness (QED) is 0.501. The number of methoxy groups -OCH3 is 1. The lowest BCUT2D eigenvalue weighted by Crippen LogP contribution is -2.40. The minimum absolute atomic E-state index is 0.103. The largest absolute Gasteiger partial charge is 0.497 e. The van der Waals surface area contributed by atoms with Crippen molar-refractivity contribution in [2.24, 2.45) is 4.99 Å². The average Bonchev–Trinajstić information content (AvgIpc) is 2.84. The van der Waals surface area contributed by atoms with Crippen LogP contribution in [0, 0.1) is 0 Å². The Bertz CT molecular complexity index is 1190. The minimum atomic E-state index is -3.74. The van der Waals surface area contributed by atoms with E-state index >= 15 is 0 Å². The highest BCUT2D eigenvalue weighted by Gasteiger charge is 2.29. The summed E-state index contributed by atoms with van der Waals surface area (Å²) in [5.74, 6) is 1.85. The molecule has 0 aliphatic carbocycles. The highest BCUT2D eigenvalue weighted by molar-refractivity contribution is 7.89. The zero-order chi connectivity index (χ0) is 22.4. The molecule has 0 N–H and O–H groups in total. The molecule has 32 heavy (non-hydrogen) atoms. The van der Waals surface area contributed by atoms with Crippen LogP contribution in [0.4, 0.5) is 5.69 Å². The van der Waals surface area contributed by atoms with Crippen LogP contribution in [-0.2, 0) is 14.8 Å². The van der Waals surface area contributed by atoms with Crippen molar-refractivity contribution in [3.05, 3.63) is 78.4 Å². The Labute approximate surface area is 187 Å². The Morgan fingerprint density at radius 2 is 1.66 bits per heavy atom. The lowest BCUT2D eigenvalue weighted by molar-refractivity contribution is 0.0730. The number of sulfonamides is 1. The Balaban J connectivity index is 1.62. The maximum Gasteiger partial charge on any atom is 0.245 e. The summed E-state index contributed by atoms with van der Waals surface area (Å²) in [7, 11) is -2.24. The fourth-order valence-electron chi connectivity index (χ4n) is 3.29. The highest BCUT2D eigenvalue weighted by Crippen LogP contribution is 2.31. The molecular weight excluding hydrogens is 428 g/mol. The van der Waals surface area contributed by atoms with Gasteiger partial charge in [-0.05, 0) is 42.0 Å². The Morgan fingerprint density at radius 3 is 2.41 bits per heavy atom. The SMILES string of the molecule is COc1ccc(N=Cc2cccc(Oc3ccccc3)c2)c(S(=O)(=O)N2CCOCC2)c1. The zero-order valence-corrected chi connectivity index (χ0v) is 18.5. The van der Waals surface area contributed by atoms with Crippen molar-refractivity contribution in [3.63, 3.8) is 0 Å². The minimum Gasteiger partial charge on any atom is -0.497 e. The number of benzene rings is 3. The second-order valence-electron chi connectivity index (χ2n) is 7.10. The van der Waals surface area contributed by atoms with Crippen LogP contribution in [0.2, 0.25) is 0 Å². The molecule has 7 nitrogen and oxygen atoms in total. The van der Waals surface area contributed by atoms with E-state index in [1.54, 1.807) is 18.3 Å². The first kappa shape index (κ1) is 22.0. The van der Waals surface area contributed by atoms with Gasteiger partial charge in [-0.2, -0.15) is 4.31 Å². The van der Waals surface area contributed by atoms with E-state index in [-0.39, 0.29) is 4.90 Å². The molecule has 0 radical (unpaired) electrons. The van der Waals surface area contributed by atoms with Gasteiger partial charge in [-0.15, -0.1) is 0 Å². The predicted molar refractivity (Wildman–Crippen MR) is 123 cm³/mol. The molecule has 1 aliphatic rings.